The van der Waals surface area contributed by atoms with Crippen LogP contribution in [0.2, 0.25) is 5.02 Å². The van der Waals surface area contributed by atoms with Crippen LogP contribution in [0.3, 0.4) is 0 Å². The first-order valence-electron chi connectivity index (χ1n) is 11.7. The van der Waals surface area contributed by atoms with E-state index in [9.17, 15) is 18.0 Å². The van der Waals surface area contributed by atoms with E-state index in [1.165, 1.54) is 15.4 Å². The summed E-state index contributed by atoms with van der Waals surface area (Å²) >= 11 is 5.99. The summed E-state index contributed by atoms with van der Waals surface area (Å²) in [6.07, 6.45) is 3.02. The number of nitrogens with one attached hydrogen (secondary N) is 1. The minimum atomic E-state index is -3.85. The van der Waals surface area contributed by atoms with Gasteiger partial charge >= 0.3 is 11.8 Å². The summed E-state index contributed by atoms with van der Waals surface area (Å²) in [7, 11) is -3.85. The van der Waals surface area contributed by atoms with Crippen molar-refractivity contribution in [1.82, 2.24) is 14.6 Å². The first-order valence-corrected chi connectivity index (χ1v) is 13.6. The average Bonchev–Trinajstić information content (AvgIpc) is 3.57. The molecule has 194 valence electrons. The number of hydrogen-bond donors (Lipinski definition) is 1. The maximum absolute atomic E-state index is 13.5. The van der Waals surface area contributed by atoms with E-state index in [4.69, 9.17) is 16.0 Å². The average molecular weight is 543 g/mol. The molecule has 1 fully saturated rings. The standard InChI is InChI=1S/C26H27ClN4O5S/c1-19-4-12-24(13-5-19)37(34,35)31(17-20-6-8-21(27)9-7-20)18-23-11-10-22(36-23)16-28-29-25(32)26(33)30-14-2-3-15-30/h4-13,16H,2-3,14-15,17-18H2,1H3,(H,29,32)/b28-16+. The van der Waals surface area contributed by atoms with Crippen LogP contribution in [0.5, 0.6) is 0 Å². The van der Waals surface area contributed by atoms with Crippen molar-refractivity contribution in [3.8, 4) is 0 Å². The Hall–Kier alpha value is -3.47. The maximum atomic E-state index is 13.5. The molecule has 0 unspecified atom stereocenters. The zero-order chi connectivity index (χ0) is 26.4. The highest BCUT2D eigenvalue weighted by atomic mass is 35.5. The van der Waals surface area contributed by atoms with Gasteiger partial charge in [-0.1, -0.05) is 41.4 Å². The van der Waals surface area contributed by atoms with Crippen molar-refractivity contribution < 1.29 is 22.4 Å². The normalized spacial score (nSPS) is 14.0. The summed E-state index contributed by atoms with van der Waals surface area (Å²) in [6.45, 7) is 3.09. The topological polar surface area (TPSA) is 112 Å². The van der Waals surface area contributed by atoms with E-state index >= 15 is 0 Å². The van der Waals surface area contributed by atoms with Gasteiger partial charge in [-0.15, -0.1) is 0 Å². The first kappa shape index (κ1) is 26.6. The summed E-state index contributed by atoms with van der Waals surface area (Å²) in [4.78, 5) is 25.7. The fourth-order valence-corrected chi connectivity index (χ4v) is 5.39. The fraction of sp³-hybridized carbons (Fsp3) is 0.269. The minimum Gasteiger partial charge on any atom is -0.459 e. The van der Waals surface area contributed by atoms with Crippen molar-refractivity contribution in [2.24, 2.45) is 5.10 Å². The molecule has 11 heteroatoms. The van der Waals surface area contributed by atoms with Gasteiger partial charge in [0.2, 0.25) is 10.0 Å². The Kier molecular flexibility index (Phi) is 8.42. The van der Waals surface area contributed by atoms with E-state index < -0.39 is 21.8 Å². The van der Waals surface area contributed by atoms with Crippen LogP contribution in [0.15, 0.2) is 75.1 Å². The van der Waals surface area contributed by atoms with E-state index in [0.29, 0.717) is 29.6 Å². The highest BCUT2D eigenvalue weighted by Crippen LogP contribution is 2.23. The Bertz CT molecular complexity index is 1380. The van der Waals surface area contributed by atoms with Crippen LogP contribution in [0, 0.1) is 6.92 Å². The molecule has 3 aromatic rings. The number of benzene rings is 2. The number of furan rings is 1. The van der Waals surface area contributed by atoms with Crippen molar-refractivity contribution in [3.63, 3.8) is 0 Å². The van der Waals surface area contributed by atoms with Gasteiger partial charge in [0.15, 0.2) is 0 Å². The predicted molar refractivity (Wildman–Crippen MR) is 139 cm³/mol. The Morgan fingerprint density at radius 1 is 1.03 bits per heavy atom. The molecular weight excluding hydrogens is 516 g/mol. The number of halogens is 1. The molecule has 1 N–H and O–H groups in total. The van der Waals surface area contributed by atoms with E-state index in [1.54, 1.807) is 60.7 Å². The number of amides is 2. The lowest BCUT2D eigenvalue weighted by molar-refractivity contribution is -0.145. The maximum Gasteiger partial charge on any atom is 0.329 e. The Morgan fingerprint density at radius 2 is 1.70 bits per heavy atom. The van der Waals surface area contributed by atoms with Gasteiger partial charge in [0.1, 0.15) is 11.5 Å². The third-order valence-electron chi connectivity index (χ3n) is 5.89. The summed E-state index contributed by atoms with van der Waals surface area (Å²) in [5.41, 5.74) is 3.92. The number of carbonyl (C=O) groups excluding carboxylic acids is 2. The second-order valence-electron chi connectivity index (χ2n) is 8.72. The number of likely N-dealkylation sites (tertiary alicyclic amines) is 1. The summed E-state index contributed by atoms with van der Waals surface area (Å²) < 4.78 is 34.0. The molecule has 9 nitrogen and oxygen atoms in total. The van der Waals surface area contributed by atoms with E-state index in [2.05, 4.69) is 10.5 Å². The lowest BCUT2D eigenvalue weighted by atomic mass is 10.2. The molecule has 0 atom stereocenters. The molecule has 1 aliphatic rings. The molecule has 4 rings (SSSR count). The molecule has 2 heterocycles. The number of rotatable bonds is 8. The third-order valence-corrected chi connectivity index (χ3v) is 7.95. The van der Waals surface area contributed by atoms with Crippen LogP contribution >= 0.6 is 11.6 Å². The lowest BCUT2D eigenvalue weighted by Gasteiger charge is -2.21. The number of hydrogen-bond acceptors (Lipinski definition) is 6. The van der Waals surface area contributed by atoms with Crippen LogP contribution in [0.4, 0.5) is 0 Å². The van der Waals surface area contributed by atoms with E-state index in [-0.39, 0.29) is 18.0 Å². The van der Waals surface area contributed by atoms with Crippen molar-refractivity contribution in [2.45, 2.75) is 37.8 Å². The number of hydrazone groups is 1. The van der Waals surface area contributed by atoms with Gasteiger partial charge in [0.05, 0.1) is 17.7 Å². The van der Waals surface area contributed by atoms with Crippen molar-refractivity contribution in [3.05, 3.63) is 88.3 Å². The molecule has 0 aliphatic carbocycles. The van der Waals surface area contributed by atoms with Gasteiger partial charge in [-0.2, -0.15) is 9.41 Å². The Balaban J connectivity index is 1.47. The molecule has 0 spiro atoms. The number of nitrogens with zero attached hydrogens (tertiary/aromatic N) is 3. The van der Waals surface area contributed by atoms with Crippen molar-refractivity contribution >= 4 is 39.7 Å². The van der Waals surface area contributed by atoms with Crippen molar-refractivity contribution in [2.75, 3.05) is 13.1 Å². The van der Waals surface area contributed by atoms with E-state index in [0.717, 1.165) is 24.0 Å². The molecule has 2 amide bonds. The molecule has 1 aliphatic heterocycles. The van der Waals surface area contributed by atoms with Crippen LogP contribution in [0.25, 0.3) is 0 Å². The summed E-state index contributed by atoms with van der Waals surface area (Å²) in [6, 6.07) is 16.8. The zero-order valence-electron chi connectivity index (χ0n) is 20.3. The third kappa shape index (κ3) is 6.85. The Morgan fingerprint density at radius 3 is 2.38 bits per heavy atom. The van der Waals surface area contributed by atoms with E-state index in [1.807, 2.05) is 6.92 Å². The van der Waals surface area contributed by atoms with Gasteiger partial charge in [0, 0.05) is 24.7 Å². The molecule has 37 heavy (non-hydrogen) atoms. The second-order valence-corrected chi connectivity index (χ2v) is 11.1. The zero-order valence-corrected chi connectivity index (χ0v) is 21.8. The number of aryl methyl sites for hydroxylation is 1. The second kappa shape index (κ2) is 11.7. The lowest BCUT2D eigenvalue weighted by Crippen LogP contribution is -2.39. The van der Waals surface area contributed by atoms with Crippen LogP contribution in [-0.4, -0.2) is 48.7 Å². The highest BCUT2D eigenvalue weighted by molar-refractivity contribution is 7.89. The molecule has 0 radical (unpaired) electrons. The van der Waals surface area contributed by atoms with Gasteiger partial charge in [-0.05, 0) is 61.7 Å². The quantitative estimate of drug-likeness (QED) is 0.265. The SMILES string of the molecule is Cc1ccc(S(=O)(=O)N(Cc2ccc(Cl)cc2)Cc2ccc(/C=N/NC(=O)C(=O)N3CCCC3)o2)cc1. The summed E-state index contributed by atoms with van der Waals surface area (Å²) in [5.74, 6) is -0.758. The number of carbonyl (C=O) groups is 2. The summed E-state index contributed by atoms with van der Waals surface area (Å²) in [5, 5.41) is 4.35. The van der Waals surface area contributed by atoms with Crippen LogP contribution in [0.1, 0.15) is 35.5 Å². The molecule has 0 saturated carbocycles. The monoisotopic (exact) mass is 542 g/mol. The predicted octanol–water partition coefficient (Wildman–Crippen LogP) is 3.71. The van der Waals surface area contributed by atoms with Crippen LogP contribution in [-0.2, 0) is 32.7 Å². The van der Waals surface area contributed by atoms with Gasteiger partial charge in [-0.25, -0.2) is 13.8 Å². The molecular formula is C26H27ClN4O5S. The van der Waals surface area contributed by atoms with Crippen molar-refractivity contribution in [1.29, 1.82) is 0 Å². The fourth-order valence-electron chi connectivity index (χ4n) is 3.87. The number of sulfonamides is 1. The van der Waals surface area contributed by atoms with Crippen LogP contribution < -0.4 is 5.43 Å². The largest absolute Gasteiger partial charge is 0.459 e. The molecule has 0 bridgehead atoms. The van der Waals surface area contributed by atoms with Gasteiger partial charge in [-0.3, -0.25) is 9.59 Å². The van der Waals surface area contributed by atoms with Gasteiger partial charge < -0.3 is 9.32 Å². The molecule has 1 aromatic heterocycles. The smallest absolute Gasteiger partial charge is 0.329 e. The first-order chi connectivity index (χ1) is 17.7. The minimum absolute atomic E-state index is 0.0352. The van der Waals surface area contributed by atoms with Gasteiger partial charge in [0.25, 0.3) is 0 Å². The molecule has 2 aromatic carbocycles. The Labute approximate surface area is 220 Å². The molecule has 1 saturated heterocycles. The highest BCUT2D eigenvalue weighted by Gasteiger charge is 2.26.